The molecule has 0 aromatic carbocycles. The molecular formula is C19H42N2. The lowest BCUT2D eigenvalue weighted by Gasteiger charge is -2.09. The summed E-state index contributed by atoms with van der Waals surface area (Å²) in [5, 5.41) is 6.48. The second-order valence-electron chi connectivity index (χ2n) is 6.75. The molecule has 1 atom stereocenters. The molecule has 0 amide bonds. The fraction of sp³-hybridized carbons (Fsp3) is 1.00. The van der Waals surface area contributed by atoms with E-state index in [-0.39, 0.29) is 0 Å². The van der Waals surface area contributed by atoms with E-state index >= 15 is 0 Å². The third-order valence-corrected chi connectivity index (χ3v) is 4.38. The van der Waals surface area contributed by atoms with Gasteiger partial charge in [0, 0.05) is 6.67 Å². The quantitative estimate of drug-likeness (QED) is 0.274. The lowest BCUT2D eigenvalue weighted by Crippen LogP contribution is -2.26. The highest BCUT2D eigenvalue weighted by Gasteiger charge is 2.00. The van der Waals surface area contributed by atoms with Crippen LogP contribution in [0.3, 0.4) is 0 Å². The highest BCUT2D eigenvalue weighted by atomic mass is 15.0. The third-order valence-electron chi connectivity index (χ3n) is 4.38. The molecule has 0 fully saturated rings. The Morgan fingerprint density at radius 2 is 1.24 bits per heavy atom. The standard InChI is InChI=1S/C19H42N2/c1-4-15-19(2)16-13-11-9-7-5-6-8-10-12-14-17-21-18-20-3/h19-21H,4-18H2,1-3H3/t19-/m1/s1. The van der Waals surface area contributed by atoms with Crippen LogP contribution in [-0.4, -0.2) is 20.3 Å². The van der Waals surface area contributed by atoms with Crippen LogP contribution in [0.2, 0.25) is 0 Å². The molecule has 2 nitrogen and oxygen atoms in total. The lowest BCUT2D eigenvalue weighted by atomic mass is 9.98. The maximum atomic E-state index is 3.37. The van der Waals surface area contributed by atoms with Gasteiger partial charge in [-0.15, -0.1) is 0 Å². The molecule has 0 saturated carbocycles. The molecule has 0 spiro atoms. The van der Waals surface area contributed by atoms with Gasteiger partial charge in [-0.1, -0.05) is 90.9 Å². The molecule has 0 aromatic rings. The average molecular weight is 299 g/mol. The van der Waals surface area contributed by atoms with Crippen LogP contribution < -0.4 is 10.6 Å². The van der Waals surface area contributed by atoms with E-state index in [4.69, 9.17) is 0 Å². The van der Waals surface area contributed by atoms with Crippen LogP contribution in [-0.2, 0) is 0 Å². The molecule has 0 radical (unpaired) electrons. The van der Waals surface area contributed by atoms with Crippen LogP contribution >= 0.6 is 0 Å². The molecule has 21 heavy (non-hydrogen) atoms. The molecule has 0 bridgehead atoms. The largest absolute Gasteiger partial charge is 0.308 e. The van der Waals surface area contributed by atoms with E-state index in [2.05, 4.69) is 24.5 Å². The zero-order valence-electron chi connectivity index (χ0n) is 15.2. The number of unbranched alkanes of at least 4 members (excludes halogenated alkanes) is 9. The maximum Gasteiger partial charge on any atom is 0.0451 e. The van der Waals surface area contributed by atoms with Crippen LogP contribution in [0.4, 0.5) is 0 Å². The summed E-state index contributed by atoms with van der Waals surface area (Å²) in [6.07, 6.45) is 18.6. The first-order valence-corrected chi connectivity index (χ1v) is 9.66. The smallest absolute Gasteiger partial charge is 0.0451 e. The fourth-order valence-corrected chi connectivity index (χ4v) is 3.01. The van der Waals surface area contributed by atoms with Crippen LogP contribution in [0.25, 0.3) is 0 Å². The van der Waals surface area contributed by atoms with E-state index < -0.39 is 0 Å². The predicted molar refractivity (Wildman–Crippen MR) is 96.8 cm³/mol. The molecule has 0 aliphatic rings. The van der Waals surface area contributed by atoms with E-state index in [9.17, 15) is 0 Å². The molecular weight excluding hydrogens is 256 g/mol. The highest BCUT2D eigenvalue weighted by Crippen LogP contribution is 2.16. The Morgan fingerprint density at radius 3 is 1.76 bits per heavy atom. The van der Waals surface area contributed by atoms with Crippen LogP contribution in [0.1, 0.15) is 97.3 Å². The van der Waals surface area contributed by atoms with Crippen molar-refractivity contribution in [3.8, 4) is 0 Å². The Bertz CT molecular complexity index is 182. The van der Waals surface area contributed by atoms with E-state index in [1.165, 1.54) is 83.5 Å². The Balaban J connectivity index is 2.99. The van der Waals surface area contributed by atoms with E-state index in [1.54, 1.807) is 0 Å². The Morgan fingerprint density at radius 1 is 0.714 bits per heavy atom. The number of hydrogen-bond acceptors (Lipinski definition) is 2. The summed E-state index contributed by atoms with van der Waals surface area (Å²) in [6, 6.07) is 0. The topological polar surface area (TPSA) is 24.1 Å². The summed E-state index contributed by atoms with van der Waals surface area (Å²) in [5.74, 6) is 0.956. The zero-order valence-corrected chi connectivity index (χ0v) is 15.2. The predicted octanol–water partition coefficient (Wildman–Crippen LogP) is 5.48. The summed E-state index contributed by atoms with van der Waals surface area (Å²) >= 11 is 0. The van der Waals surface area contributed by atoms with Gasteiger partial charge in [0.05, 0.1) is 0 Å². The minimum Gasteiger partial charge on any atom is -0.308 e. The van der Waals surface area contributed by atoms with Gasteiger partial charge in [0.15, 0.2) is 0 Å². The van der Waals surface area contributed by atoms with Gasteiger partial charge in [-0.2, -0.15) is 0 Å². The van der Waals surface area contributed by atoms with E-state index in [1.807, 2.05) is 7.05 Å². The summed E-state index contributed by atoms with van der Waals surface area (Å²) in [7, 11) is 1.98. The second kappa shape index (κ2) is 18.0. The van der Waals surface area contributed by atoms with Gasteiger partial charge in [-0.05, 0) is 25.9 Å². The van der Waals surface area contributed by atoms with Crippen molar-refractivity contribution in [2.75, 3.05) is 20.3 Å². The van der Waals surface area contributed by atoms with Crippen molar-refractivity contribution < 1.29 is 0 Å². The minimum atomic E-state index is 0.942. The summed E-state index contributed by atoms with van der Waals surface area (Å²) in [5.41, 5.74) is 0. The van der Waals surface area contributed by atoms with Crippen molar-refractivity contribution in [3.05, 3.63) is 0 Å². The first-order valence-electron chi connectivity index (χ1n) is 9.66. The van der Waals surface area contributed by atoms with Gasteiger partial charge < -0.3 is 10.6 Å². The second-order valence-corrected chi connectivity index (χ2v) is 6.75. The van der Waals surface area contributed by atoms with Crippen LogP contribution in [0, 0.1) is 5.92 Å². The third kappa shape index (κ3) is 17.9. The van der Waals surface area contributed by atoms with Gasteiger partial charge in [0.2, 0.25) is 0 Å². The van der Waals surface area contributed by atoms with Gasteiger partial charge >= 0.3 is 0 Å². The molecule has 0 aromatic heterocycles. The van der Waals surface area contributed by atoms with Gasteiger partial charge in [-0.3, -0.25) is 0 Å². The average Bonchev–Trinajstić information content (AvgIpc) is 2.48. The molecule has 0 heterocycles. The fourth-order valence-electron chi connectivity index (χ4n) is 3.01. The van der Waals surface area contributed by atoms with Crippen molar-refractivity contribution in [1.29, 1.82) is 0 Å². The van der Waals surface area contributed by atoms with Gasteiger partial charge in [-0.25, -0.2) is 0 Å². The molecule has 128 valence electrons. The zero-order chi connectivity index (χ0) is 15.6. The van der Waals surface area contributed by atoms with Gasteiger partial charge in [0.25, 0.3) is 0 Å². The summed E-state index contributed by atoms with van der Waals surface area (Å²) in [6.45, 7) is 6.82. The SMILES string of the molecule is CCC[C@@H](C)CCCCCCCCCCCCNCNC. The molecule has 0 saturated heterocycles. The van der Waals surface area contributed by atoms with Crippen molar-refractivity contribution in [1.82, 2.24) is 10.6 Å². The monoisotopic (exact) mass is 298 g/mol. The molecule has 0 aliphatic carbocycles. The molecule has 2 N–H and O–H groups in total. The molecule has 0 aliphatic heterocycles. The molecule has 2 heteroatoms. The van der Waals surface area contributed by atoms with Crippen LogP contribution in [0.5, 0.6) is 0 Å². The number of hydrogen-bond donors (Lipinski definition) is 2. The van der Waals surface area contributed by atoms with Crippen molar-refractivity contribution >= 4 is 0 Å². The maximum absolute atomic E-state index is 3.37. The van der Waals surface area contributed by atoms with Crippen molar-refractivity contribution in [3.63, 3.8) is 0 Å². The highest BCUT2D eigenvalue weighted by molar-refractivity contribution is 4.54. The van der Waals surface area contributed by atoms with Crippen molar-refractivity contribution in [2.24, 2.45) is 5.92 Å². The molecule has 0 unspecified atom stereocenters. The Labute approximate surface area is 134 Å². The molecule has 0 rings (SSSR count). The normalized spacial score (nSPS) is 12.7. The van der Waals surface area contributed by atoms with Crippen molar-refractivity contribution in [2.45, 2.75) is 97.3 Å². The minimum absolute atomic E-state index is 0.942. The number of nitrogens with one attached hydrogen (secondary N) is 2. The Hall–Kier alpha value is -0.0800. The van der Waals surface area contributed by atoms with E-state index in [0.29, 0.717) is 0 Å². The van der Waals surface area contributed by atoms with E-state index in [0.717, 1.165) is 19.1 Å². The number of rotatable bonds is 17. The Kier molecular flexibility index (Phi) is 17.9. The van der Waals surface area contributed by atoms with Crippen LogP contribution in [0.15, 0.2) is 0 Å². The summed E-state index contributed by atoms with van der Waals surface area (Å²) < 4.78 is 0. The van der Waals surface area contributed by atoms with Gasteiger partial charge in [0.1, 0.15) is 0 Å². The first kappa shape index (κ1) is 20.9. The lowest BCUT2D eigenvalue weighted by molar-refractivity contribution is 0.450. The summed E-state index contributed by atoms with van der Waals surface area (Å²) in [4.78, 5) is 0. The first-order chi connectivity index (χ1) is 10.3.